The third kappa shape index (κ3) is 2.27. The summed E-state index contributed by atoms with van der Waals surface area (Å²) in [6.07, 6.45) is 7.84. The molecule has 0 radical (unpaired) electrons. The first-order valence-electron chi connectivity index (χ1n) is 6.89. The molecular weight excluding hydrogens is 228 g/mol. The summed E-state index contributed by atoms with van der Waals surface area (Å²) in [5.41, 5.74) is 0. The molecule has 0 aliphatic heterocycles. The SMILES string of the molecule is CC(NC(C)C1CC2CCC1C2)c1nccs1. The summed E-state index contributed by atoms with van der Waals surface area (Å²) < 4.78 is 0. The number of aromatic nitrogens is 1. The summed E-state index contributed by atoms with van der Waals surface area (Å²) >= 11 is 1.76. The summed E-state index contributed by atoms with van der Waals surface area (Å²) in [5.74, 6) is 2.96. The zero-order chi connectivity index (χ0) is 11.8. The highest BCUT2D eigenvalue weighted by atomic mass is 32.1. The van der Waals surface area contributed by atoms with Gasteiger partial charge in [0, 0.05) is 17.6 Å². The van der Waals surface area contributed by atoms with Crippen LogP contribution in [0.15, 0.2) is 11.6 Å². The maximum atomic E-state index is 4.40. The zero-order valence-corrected chi connectivity index (χ0v) is 11.5. The van der Waals surface area contributed by atoms with Crippen molar-refractivity contribution in [2.75, 3.05) is 0 Å². The van der Waals surface area contributed by atoms with E-state index in [1.54, 1.807) is 11.3 Å². The minimum absolute atomic E-state index is 0.407. The fourth-order valence-corrected chi connectivity index (χ4v) is 4.60. The van der Waals surface area contributed by atoms with E-state index in [0.29, 0.717) is 12.1 Å². The molecule has 2 bridgehead atoms. The molecule has 17 heavy (non-hydrogen) atoms. The quantitative estimate of drug-likeness (QED) is 0.883. The Morgan fingerprint density at radius 2 is 2.24 bits per heavy atom. The average Bonchev–Trinajstić information content (AvgIpc) is 3.05. The Hall–Kier alpha value is -0.410. The molecule has 1 aromatic rings. The lowest BCUT2D eigenvalue weighted by molar-refractivity contribution is 0.248. The highest BCUT2D eigenvalue weighted by molar-refractivity contribution is 7.09. The normalized spacial score (nSPS) is 35.1. The predicted molar refractivity (Wildman–Crippen MR) is 72.1 cm³/mol. The van der Waals surface area contributed by atoms with Crippen molar-refractivity contribution in [2.24, 2.45) is 17.8 Å². The van der Waals surface area contributed by atoms with E-state index in [1.165, 1.54) is 30.7 Å². The highest BCUT2D eigenvalue weighted by Gasteiger charge is 2.41. The first-order chi connectivity index (χ1) is 8.24. The van der Waals surface area contributed by atoms with Gasteiger partial charge in [-0.3, -0.25) is 0 Å². The van der Waals surface area contributed by atoms with Crippen LogP contribution in [0.1, 0.15) is 50.6 Å². The number of fused-ring (bicyclic) bond motifs is 2. The Labute approximate surface area is 108 Å². The summed E-state index contributed by atoms with van der Waals surface area (Å²) in [6, 6.07) is 1.05. The van der Waals surface area contributed by atoms with Gasteiger partial charge in [0.05, 0.1) is 6.04 Å². The molecule has 1 N–H and O–H groups in total. The van der Waals surface area contributed by atoms with E-state index < -0.39 is 0 Å². The van der Waals surface area contributed by atoms with Crippen molar-refractivity contribution in [1.29, 1.82) is 0 Å². The molecule has 2 nitrogen and oxygen atoms in total. The first kappa shape index (κ1) is 11.7. The van der Waals surface area contributed by atoms with Crippen molar-refractivity contribution < 1.29 is 0 Å². The van der Waals surface area contributed by atoms with E-state index in [0.717, 1.165) is 17.8 Å². The monoisotopic (exact) mass is 250 g/mol. The Bertz CT molecular complexity index is 362. The van der Waals surface area contributed by atoms with Crippen LogP contribution in [-0.4, -0.2) is 11.0 Å². The molecule has 0 aromatic carbocycles. The summed E-state index contributed by atoms with van der Waals surface area (Å²) in [6.45, 7) is 4.61. The fourth-order valence-electron chi connectivity index (χ4n) is 3.94. The van der Waals surface area contributed by atoms with E-state index in [4.69, 9.17) is 0 Å². The third-order valence-electron chi connectivity index (χ3n) is 4.77. The Morgan fingerprint density at radius 1 is 1.35 bits per heavy atom. The zero-order valence-electron chi connectivity index (χ0n) is 10.7. The van der Waals surface area contributed by atoms with Gasteiger partial charge in [-0.2, -0.15) is 0 Å². The van der Waals surface area contributed by atoms with Crippen LogP contribution in [0.25, 0.3) is 0 Å². The fraction of sp³-hybridized carbons (Fsp3) is 0.786. The standard InChI is InChI=1S/C14H22N2S/c1-9(13-8-11-3-4-12(13)7-11)16-10(2)14-15-5-6-17-14/h5-6,9-13,16H,3-4,7-8H2,1-2H3. The number of nitrogens with zero attached hydrogens (tertiary/aromatic N) is 1. The van der Waals surface area contributed by atoms with Gasteiger partial charge in [0.2, 0.25) is 0 Å². The van der Waals surface area contributed by atoms with Crippen LogP contribution in [-0.2, 0) is 0 Å². The molecule has 1 aromatic heterocycles. The van der Waals surface area contributed by atoms with Crippen LogP contribution in [0.2, 0.25) is 0 Å². The lowest BCUT2D eigenvalue weighted by atomic mass is 9.84. The number of rotatable bonds is 4. The van der Waals surface area contributed by atoms with Gasteiger partial charge in [0.25, 0.3) is 0 Å². The smallest absolute Gasteiger partial charge is 0.109 e. The van der Waals surface area contributed by atoms with Gasteiger partial charge in [-0.05, 0) is 50.9 Å². The molecule has 0 spiro atoms. The lowest BCUT2D eigenvalue weighted by Crippen LogP contribution is -2.37. The molecule has 2 aliphatic carbocycles. The van der Waals surface area contributed by atoms with Crippen molar-refractivity contribution in [3.8, 4) is 0 Å². The summed E-state index contributed by atoms with van der Waals surface area (Å²) in [4.78, 5) is 4.40. The van der Waals surface area contributed by atoms with Crippen LogP contribution >= 0.6 is 11.3 Å². The van der Waals surface area contributed by atoms with Gasteiger partial charge < -0.3 is 5.32 Å². The van der Waals surface area contributed by atoms with Crippen LogP contribution in [0.4, 0.5) is 0 Å². The molecular formula is C14H22N2S. The van der Waals surface area contributed by atoms with Crippen LogP contribution in [0, 0.1) is 17.8 Å². The molecule has 0 amide bonds. The third-order valence-corrected chi connectivity index (χ3v) is 5.73. The van der Waals surface area contributed by atoms with Crippen LogP contribution < -0.4 is 5.32 Å². The van der Waals surface area contributed by atoms with E-state index in [-0.39, 0.29) is 0 Å². The van der Waals surface area contributed by atoms with Crippen molar-refractivity contribution in [1.82, 2.24) is 10.3 Å². The molecule has 3 rings (SSSR count). The summed E-state index contributed by atoms with van der Waals surface area (Å²) in [5, 5.41) is 7.04. The minimum Gasteiger partial charge on any atom is -0.305 e. The van der Waals surface area contributed by atoms with Gasteiger partial charge in [0.1, 0.15) is 5.01 Å². The Kier molecular flexibility index (Phi) is 3.22. The molecule has 3 heteroatoms. The molecule has 94 valence electrons. The Morgan fingerprint density at radius 3 is 2.82 bits per heavy atom. The molecule has 1 heterocycles. The highest BCUT2D eigenvalue weighted by Crippen LogP contribution is 2.49. The van der Waals surface area contributed by atoms with E-state index in [9.17, 15) is 0 Å². The predicted octanol–water partition coefficient (Wildman–Crippen LogP) is 3.62. The molecule has 2 fully saturated rings. The minimum atomic E-state index is 0.407. The van der Waals surface area contributed by atoms with Gasteiger partial charge in [-0.1, -0.05) is 6.42 Å². The number of hydrogen-bond donors (Lipinski definition) is 1. The molecule has 5 unspecified atom stereocenters. The number of hydrogen-bond acceptors (Lipinski definition) is 3. The second-order valence-corrected chi connectivity index (χ2v) is 6.81. The van der Waals surface area contributed by atoms with Gasteiger partial charge in [-0.15, -0.1) is 11.3 Å². The Balaban J connectivity index is 1.58. The van der Waals surface area contributed by atoms with E-state index >= 15 is 0 Å². The second kappa shape index (κ2) is 4.69. The second-order valence-electron chi connectivity index (χ2n) is 5.89. The van der Waals surface area contributed by atoms with Gasteiger partial charge in [0.15, 0.2) is 0 Å². The number of nitrogens with one attached hydrogen (secondary N) is 1. The molecule has 2 aliphatic rings. The topological polar surface area (TPSA) is 24.9 Å². The molecule has 2 saturated carbocycles. The van der Waals surface area contributed by atoms with Crippen molar-refractivity contribution >= 4 is 11.3 Å². The van der Waals surface area contributed by atoms with Gasteiger partial charge in [-0.25, -0.2) is 4.98 Å². The maximum absolute atomic E-state index is 4.40. The largest absolute Gasteiger partial charge is 0.305 e. The van der Waals surface area contributed by atoms with Crippen LogP contribution in [0.5, 0.6) is 0 Å². The summed E-state index contributed by atoms with van der Waals surface area (Å²) in [7, 11) is 0. The average molecular weight is 250 g/mol. The van der Waals surface area contributed by atoms with Crippen molar-refractivity contribution in [3.05, 3.63) is 16.6 Å². The van der Waals surface area contributed by atoms with Gasteiger partial charge >= 0.3 is 0 Å². The maximum Gasteiger partial charge on any atom is 0.109 e. The van der Waals surface area contributed by atoms with E-state index in [1.807, 2.05) is 6.20 Å². The van der Waals surface area contributed by atoms with Crippen LogP contribution in [0.3, 0.4) is 0 Å². The van der Waals surface area contributed by atoms with Crippen molar-refractivity contribution in [3.63, 3.8) is 0 Å². The number of thiazole rings is 1. The molecule has 0 saturated heterocycles. The van der Waals surface area contributed by atoms with Crippen molar-refractivity contribution in [2.45, 2.75) is 51.6 Å². The molecule has 5 atom stereocenters. The lowest BCUT2D eigenvalue weighted by Gasteiger charge is -2.30. The van der Waals surface area contributed by atoms with E-state index in [2.05, 4.69) is 29.5 Å². The first-order valence-corrected chi connectivity index (χ1v) is 7.77.